The molecule has 1 aromatic heterocycles. The Balaban J connectivity index is 3.08. The number of halogens is 2. The van der Waals surface area contributed by atoms with Crippen LogP contribution in [-0.4, -0.2) is 18.1 Å². The van der Waals surface area contributed by atoms with Gasteiger partial charge in [0.05, 0.1) is 19.1 Å². The molecule has 0 aliphatic rings. The molecule has 0 atom stereocenters. The number of rotatable bonds is 3. The van der Waals surface area contributed by atoms with Gasteiger partial charge in [0.2, 0.25) is 0 Å². The van der Waals surface area contributed by atoms with E-state index in [0.717, 1.165) is 12.3 Å². The third-order valence-corrected chi connectivity index (χ3v) is 1.92. The van der Waals surface area contributed by atoms with E-state index >= 15 is 0 Å². The number of nitrogens with zero attached hydrogens (tertiary/aromatic N) is 2. The van der Waals surface area contributed by atoms with Crippen LogP contribution >= 0.6 is 0 Å². The Labute approximate surface area is 90.5 Å². The SMILES string of the molecule is COC(=O)Cc1cc(C(F)F)ncc1C#N. The van der Waals surface area contributed by atoms with Gasteiger partial charge in [-0.2, -0.15) is 5.26 Å². The highest BCUT2D eigenvalue weighted by atomic mass is 19.3. The maximum Gasteiger partial charge on any atom is 0.310 e. The van der Waals surface area contributed by atoms with Gasteiger partial charge in [0, 0.05) is 6.20 Å². The summed E-state index contributed by atoms with van der Waals surface area (Å²) in [4.78, 5) is 14.4. The molecule has 16 heavy (non-hydrogen) atoms. The van der Waals surface area contributed by atoms with Crippen LogP contribution in [0.15, 0.2) is 12.3 Å². The highest BCUT2D eigenvalue weighted by Crippen LogP contribution is 2.19. The molecule has 0 spiro atoms. The first kappa shape index (κ1) is 12.0. The number of alkyl halides is 2. The second-order valence-electron chi connectivity index (χ2n) is 2.93. The first-order chi connectivity index (χ1) is 7.58. The zero-order valence-corrected chi connectivity index (χ0v) is 8.41. The summed E-state index contributed by atoms with van der Waals surface area (Å²) < 4.78 is 29.1. The molecule has 1 aromatic rings. The average Bonchev–Trinajstić information content (AvgIpc) is 2.28. The van der Waals surface area contributed by atoms with E-state index in [1.807, 2.05) is 0 Å². The summed E-state index contributed by atoms with van der Waals surface area (Å²) in [5, 5.41) is 8.70. The van der Waals surface area contributed by atoms with E-state index in [4.69, 9.17) is 5.26 Å². The van der Waals surface area contributed by atoms with Crippen LogP contribution in [0.4, 0.5) is 8.78 Å². The normalized spacial score (nSPS) is 9.94. The van der Waals surface area contributed by atoms with Crippen LogP contribution in [0.1, 0.15) is 23.2 Å². The van der Waals surface area contributed by atoms with Gasteiger partial charge in [0.25, 0.3) is 6.43 Å². The van der Waals surface area contributed by atoms with E-state index in [2.05, 4.69) is 9.72 Å². The highest BCUT2D eigenvalue weighted by molar-refractivity contribution is 5.73. The first-order valence-corrected chi connectivity index (χ1v) is 4.32. The van der Waals surface area contributed by atoms with Crippen molar-refractivity contribution < 1.29 is 18.3 Å². The second kappa shape index (κ2) is 5.16. The maximum absolute atomic E-state index is 12.3. The van der Waals surface area contributed by atoms with Crippen molar-refractivity contribution in [2.24, 2.45) is 0 Å². The molecule has 0 radical (unpaired) electrons. The Hall–Kier alpha value is -2.03. The Kier molecular flexibility index (Phi) is 3.89. The van der Waals surface area contributed by atoms with Crippen LogP contribution in [0, 0.1) is 11.3 Å². The minimum absolute atomic E-state index is 0.0924. The average molecular weight is 226 g/mol. The van der Waals surface area contributed by atoms with Gasteiger partial charge in [0.15, 0.2) is 0 Å². The van der Waals surface area contributed by atoms with E-state index in [0.29, 0.717) is 0 Å². The summed E-state index contributed by atoms with van der Waals surface area (Å²) in [7, 11) is 1.18. The molecular weight excluding hydrogens is 218 g/mol. The highest BCUT2D eigenvalue weighted by Gasteiger charge is 2.14. The van der Waals surface area contributed by atoms with E-state index in [9.17, 15) is 13.6 Å². The number of methoxy groups -OCH3 is 1. The first-order valence-electron chi connectivity index (χ1n) is 4.32. The minimum atomic E-state index is -2.73. The van der Waals surface area contributed by atoms with Crippen LogP contribution in [0.2, 0.25) is 0 Å². The molecule has 0 unspecified atom stereocenters. The Morgan fingerprint density at radius 3 is 2.88 bits per heavy atom. The topological polar surface area (TPSA) is 63.0 Å². The van der Waals surface area contributed by atoms with Gasteiger partial charge in [-0.15, -0.1) is 0 Å². The fourth-order valence-corrected chi connectivity index (χ4v) is 1.11. The van der Waals surface area contributed by atoms with Crippen molar-refractivity contribution in [3.8, 4) is 6.07 Å². The summed E-state index contributed by atoms with van der Waals surface area (Å²) >= 11 is 0. The van der Waals surface area contributed by atoms with Gasteiger partial charge in [-0.25, -0.2) is 8.78 Å². The standard InChI is InChI=1S/C10H8F2N2O2/c1-16-9(15)3-6-2-8(10(11)12)14-5-7(6)4-13/h2,5,10H,3H2,1H3. The lowest BCUT2D eigenvalue weighted by Gasteiger charge is -2.05. The monoisotopic (exact) mass is 226 g/mol. The summed E-state index contributed by atoms with van der Waals surface area (Å²) in [5.41, 5.74) is -0.174. The molecule has 0 aliphatic heterocycles. The molecule has 6 heteroatoms. The Bertz CT molecular complexity index is 441. The van der Waals surface area contributed by atoms with Crippen molar-refractivity contribution in [3.63, 3.8) is 0 Å². The number of nitriles is 1. The molecule has 0 fully saturated rings. The molecule has 4 nitrogen and oxygen atoms in total. The third kappa shape index (κ3) is 2.73. The Morgan fingerprint density at radius 2 is 2.38 bits per heavy atom. The number of pyridine rings is 1. The maximum atomic E-state index is 12.3. The van der Waals surface area contributed by atoms with Crippen LogP contribution in [0.3, 0.4) is 0 Å². The molecule has 0 N–H and O–H groups in total. The molecule has 1 heterocycles. The largest absolute Gasteiger partial charge is 0.469 e. The van der Waals surface area contributed by atoms with E-state index < -0.39 is 18.1 Å². The van der Waals surface area contributed by atoms with Crippen LogP contribution in [0.25, 0.3) is 0 Å². The molecule has 0 saturated carbocycles. The number of carbonyl (C=O) groups excluding carboxylic acids is 1. The van der Waals surface area contributed by atoms with Gasteiger partial charge in [-0.1, -0.05) is 0 Å². The summed E-state index contributed by atoms with van der Waals surface area (Å²) in [6, 6.07) is 2.82. The quantitative estimate of drug-likeness (QED) is 0.734. The number of hydrogen-bond acceptors (Lipinski definition) is 4. The molecule has 0 bridgehead atoms. The van der Waals surface area contributed by atoms with Gasteiger partial charge in [-0.05, 0) is 11.6 Å². The Morgan fingerprint density at radius 1 is 1.69 bits per heavy atom. The van der Waals surface area contributed by atoms with Gasteiger partial charge in [0.1, 0.15) is 11.8 Å². The van der Waals surface area contributed by atoms with Crippen molar-refractivity contribution in [3.05, 3.63) is 29.1 Å². The minimum Gasteiger partial charge on any atom is -0.469 e. The zero-order chi connectivity index (χ0) is 12.1. The van der Waals surface area contributed by atoms with E-state index in [-0.39, 0.29) is 17.5 Å². The van der Waals surface area contributed by atoms with Crippen molar-refractivity contribution in [2.75, 3.05) is 7.11 Å². The smallest absolute Gasteiger partial charge is 0.310 e. The number of hydrogen-bond donors (Lipinski definition) is 0. The molecule has 0 saturated heterocycles. The third-order valence-electron chi connectivity index (χ3n) is 1.92. The number of aromatic nitrogens is 1. The zero-order valence-electron chi connectivity index (χ0n) is 8.41. The second-order valence-corrected chi connectivity index (χ2v) is 2.93. The predicted octanol–water partition coefficient (Wildman–Crippen LogP) is 1.61. The van der Waals surface area contributed by atoms with Crippen LogP contribution < -0.4 is 0 Å². The number of carbonyl (C=O) groups is 1. The molecule has 0 aromatic carbocycles. The molecule has 1 rings (SSSR count). The van der Waals surface area contributed by atoms with Crippen molar-refractivity contribution in [2.45, 2.75) is 12.8 Å². The van der Waals surface area contributed by atoms with Gasteiger partial charge >= 0.3 is 5.97 Å². The van der Waals surface area contributed by atoms with Gasteiger partial charge < -0.3 is 4.74 Å². The van der Waals surface area contributed by atoms with Crippen LogP contribution in [-0.2, 0) is 16.0 Å². The molecule has 84 valence electrons. The summed E-state index contributed by atoms with van der Waals surface area (Å²) in [6.45, 7) is 0. The lowest BCUT2D eigenvalue weighted by atomic mass is 10.1. The van der Waals surface area contributed by atoms with Gasteiger partial charge in [-0.3, -0.25) is 9.78 Å². The summed E-state index contributed by atoms with van der Waals surface area (Å²) in [5.74, 6) is -0.595. The van der Waals surface area contributed by atoms with E-state index in [1.54, 1.807) is 6.07 Å². The number of esters is 1. The van der Waals surface area contributed by atoms with Crippen LogP contribution in [0.5, 0.6) is 0 Å². The summed E-state index contributed by atoms with van der Waals surface area (Å²) in [6.07, 6.45) is -1.93. The molecule has 0 amide bonds. The predicted molar refractivity (Wildman–Crippen MR) is 49.6 cm³/mol. The van der Waals surface area contributed by atoms with E-state index in [1.165, 1.54) is 7.11 Å². The fraction of sp³-hybridized carbons (Fsp3) is 0.300. The lowest BCUT2D eigenvalue weighted by Crippen LogP contribution is -2.07. The molecule has 0 aliphatic carbocycles. The van der Waals surface area contributed by atoms with Crippen molar-refractivity contribution in [1.29, 1.82) is 5.26 Å². The lowest BCUT2D eigenvalue weighted by molar-refractivity contribution is -0.139. The fourth-order valence-electron chi connectivity index (χ4n) is 1.11. The van der Waals surface area contributed by atoms with Crippen molar-refractivity contribution in [1.82, 2.24) is 4.98 Å². The molecular formula is C10H8F2N2O2. The number of ether oxygens (including phenoxy) is 1. The van der Waals surface area contributed by atoms with Crippen molar-refractivity contribution >= 4 is 5.97 Å².